The first-order valence-corrected chi connectivity index (χ1v) is 9.52. The summed E-state index contributed by atoms with van der Waals surface area (Å²) in [7, 11) is 0. The number of anilines is 2. The van der Waals surface area contributed by atoms with E-state index >= 15 is 0 Å². The monoisotopic (exact) mass is 416 g/mol. The highest BCUT2D eigenvalue weighted by molar-refractivity contribution is 6.31. The fourth-order valence-electron chi connectivity index (χ4n) is 3.68. The molecule has 0 radical (unpaired) electrons. The molecule has 29 heavy (non-hydrogen) atoms. The van der Waals surface area contributed by atoms with Gasteiger partial charge >= 0.3 is 6.03 Å². The number of halogens is 2. The van der Waals surface area contributed by atoms with Crippen LogP contribution in [0.25, 0.3) is 0 Å². The van der Waals surface area contributed by atoms with Gasteiger partial charge in [-0.2, -0.15) is 10.4 Å². The van der Waals surface area contributed by atoms with Gasteiger partial charge in [0.25, 0.3) is 0 Å². The third kappa shape index (κ3) is 3.51. The third-order valence-corrected chi connectivity index (χ3v) is 5.54. The molecule has 0 spiro atoms. The first-order chi connectivity index (χ1) is 13.9. The lowest BCUT2D eigenvalue weighted by molar-refractivity contribution is -0.117. The van der Waals surface area contributed by atoms with Gasteiger partial charge in [0.15, 0.2) is 0 Å². The van der Waals surface area contributed by atoms with Gasteiger partial charge in [-0.05, 0) is 25.1 Å². The van der Waals surface area contributed by atoms with Crippen molar-refractivity contribution < 1.29 is 14.0 Å². The second-order valence-corrected chi connectivity index (χ2v) is 7.64. The number of aromatic nitrogens is 2. The summed E-state index contributed by atoms with van der Waals surface area (Å²) in [5.74, 6) is -1.03. The molecule has 0 bridgehead atoms. The van der Waals surface area contributed by atoms with Gasteiger partial charge in [-0.3, -0.25) is 9.48 Å². The van der Waals surface area contributed by atoms with Crippen LogP contribution in [-0.2, 0) is 17.9 Å². The van der Waals surface area contributed by atoms with Crippen LogP contribution < -0.4 is 10.2 Å². The van der Waals surface area contributed by atoms with Crippen molar-refractivity contribution in [1.82, 2.24) is 14.7 Å². The maximum atomic E-state index is 13.3. The van der Waals surface area contributed by atoms with E-state index in [1.807, 2.05) is 6.92 Å². The molecule has 1 fully saturated rings. The summed E-state index contributed by atoms with van der Waals surface area (Å²) in [5, 5.41) is 16.1. The van der Waals surface area contributed by atoms with Crippen molar-refractivity contribution in [3.8, 4) is 6.07 Å². The van der Waals surface area contributed by atoms with Gasteiger partial charge in [0.1, 0.15) is 5.82 Å². The van der Waals surface area contributed by atoms with E-state index in [2.05, 4.69) is 16.5 Å². The lowest BCUT2D eigenvalue weighted by Gasteiger charge is -2.35. The number of amides is 3. The number of nitriles is 1. The van der Waals surface area contributed by atoms with E-state index in [9.17, 15) is 14.0 Å². The highest BCUT2D eigenvalue weighted by Crippen LogP contribution is 2.31. The Balaban J connectivity index is 1.55. The average molecular weight is 417 g/mol. The molecule has 4 rings (SSSR count). The fraction of sp³-hybridized carbons (Fsp3) is 0.368. The van der Waals surface area contributed by atoms with Crippen molar-refractivity contribution in [2.24, 2.45) is 5.92 Å². The number of urea groups is 1. The third-order valence-electron chi connectivity index (χ3n) is 5.25. The van der Waals surface area contributed by atoms with Crippen LogP contribution in [0.1, 0.15) is 19.0 Å². The molecule has 1 unspecified atom stereocenters. The van der Waals surface area contributed by atoms with E-state index in [1.54, 1.807) is 20.7 Å². The number of hydrogen-bond donors (Lipinski definition) is 1. The summed E-state index contributed by atoms with van der Waals surface area (Å²) in [4.78, 5) is 28.3. The van der Waals surface area contributed by atoms with Crippen molar-refractivity contribution in [1.29, 1.82) is 5.26 Å². The van der Waals surface area contributed by atoms with Crippen molar-refractivity contribution in [3.05, 3.63) is 40.9 Å². The van der Waals surface area contributed by atoms with Gasteiger partial charge in [0.2, 0.25) is 5.91 Å². The van der Waals surface area contributed by atoms with Gasteiger partial charge in [0, 0.05) is 18.7 Å². The molecule has 3 amide bonds. The molecule has 2 aliphatic rings. The number of carbonyl (C=O) groups excluding carboxylic acids is 2. The first kappa shape index (κ1) is 19.2. The summed E-state index contributed by atoms with van der Waals surface area (Å²) >= 11 is 5.78. The van der Waals surface area contributed by atoms with Crippen molar-refractivity contribution in [2.75, 3.05) is 16.8 Å². The standard InChI is InChI=1S/C19H18ClFN6O2/c1-11-8-27-17(16(7-23-27)26-9-12(6-22)4-18(26)28)10-25(11)19(29)24-13-2-3-15(21)14(20)5-13/h2-3,5,7,11-12H,4,8-10H2,1H3,(H,24,29)/t11-,12?/m0/s1. The molecule has 0 saturated carbocycles. The van der Waals surface area contributed by atoms with E-state index in [0.717, 1.165) is 5.69 Å². The highest BCUT2D eigenvalue weighted by atomic mass is 35.5. The number of carbonyl (C=O) groups is 2. The number of benzene rings is 1. The Hall–Kier alpha value is -3.12. The molecule has 150 valence electrons. The summed E-state index contributed by atoms with van der Waals surface area (Å²) < 4.78 is 15.1. The highest BCUT2D eigenvalue weighted by Gasteiger charge is 2.36. The molecule has 1 aromatic carbocycles. The molecule has 8 nitrogen and oxygen atoms in total. The minimum absolute atomic E-state index is 0.0746. The lowest BCUT2D eigenvalue weighted by Crippen LogP contribution is -2.47. The van der Waals surface area contributed by atoms with Crippen LogP contribution in [0.5, 0.6) is 0 Å². The number of hydrogen-bond acceptors (Lipinski definition) is 4. The molecule has 10 heteroatoms. The zero-order valence-corrected chi connectivity index (χ0v) is 16.4. The molecule has 1 aromatic heterocycles. The Morgan fingerprint density at radius 3 is 2.90 bits per heavy atom. The van der Waals surface area contributed by atoms with Gasteiger partial charge in [-0.25, -0.2) is 9.18 Å². The van der Waals surface area contributed by atoms with E-state index in [-0.39, 0.29) is 41.9 Å². The molecule has 1 saturated heterocycles. The Morgan fingerprint density at radius 2 is 2.21 bits per heavy atom. The van der Waals surface area contributed by atoms with Crippen LogP contribution in [-0.4, -0.2) is 39.2 Å². The van der Waals surface area contributed by atoms with Crippen LogP contribution in [0, 0.1) is 23.1 Å². The van der Waals surface area contributed by atoms with Crippen LogP contribution in [0.4, 0.5) is 20.6 Å². The van der Waals surface area contributed by atoms with Crippen LogP contribution >= 0.6 is 11.6 Å². The molecular weight excluding hydrogens is 399 g/mol. The van der Waals surface area contributed by atoms with Gasteiger partial charge in [0.05, 0.1) is 53.7 Å². The van der Waals surface area contributed by atoms with Crippen LogP contribution in [0.2, 0.25) is 5.02 Å². The quantitative estimate of drug-likeness (QED) is 0.814. The van der Waals surface area contributed by atoms with Crippen LogP contribution in [0.15, 0.2) is 24.4 Å². The summed E-state index contributed by atoms with van der Waals surface area (Å²) in [6.07, 6.45) is 1.80. The fourth-order valence-corrected chi connectivity index (χ4v) is 3.86. The number of nitrogens with zero attached hydrogens (tertiary/aromatic N) is 5. The predicted octanol–water partition coefficient (Wildman–Crippen LogP) is 2.99. The maximum absolute atomic E-state index is 13.3. The topological polar surface area (TPSA) is 94.3 Å². The molecule has 1 N–H and O–H groups in total. The second-order valence-electron chi connectivity index (χ2n) is 7.23. The SMILES string of the molecule is C[C@H]1Cn2ncc(N3CC(C#N)CC3=O)c2CN1C(=O)Nc1ccc(F)c(Cl)c1. The second kappa shape index (κ2) is 7.37. The Labute approximate surface area is 171 Å². The van der Waals surface area contributed by atoms with Crippen molar-refractivity contribution in [2.45, 2.75) is 32.5 Å². The van der Waals surface area contributed by atoms with E-state index < -0.39 is 5.82 Å². The van der Waals surface area contributed by atoms with Crippen LogP contribution in [0.3, 0.4) is 0 Å². The van der Waals surface area contributed by atoms with Gasteiger partial charge < -0.3 is 15.1 Å². The van der Waals surface area contributed by atoms with E-state index in [0.29, 0.717) is 24.5 Å². The Bertz CT molecular complexity index is 1030. The molecule has 2 aliphatic heterocycles. The van der Waals surface area contributed by atoms with Gasteiger partial charge in [-0.15, -0.1) is 0 Å². The largest absolute Gasteiger partial charge is 0.322 e. The first-order valence-electron chi connectivity index (χ1n) is 9.14. The zero-order valence-electron chi connectivity index (χ0n) is 15.6. The summed E-state index contributed by atoms with van der Waals surface area (Å²) in [6, 6.07) is 5.61. The molecule has 3 heterocycles. The number of fused-ring (bicyclic) bond motifs is 1. The maximum Gasteiger partial charge on any atom is 0.322 e. The Kier molecular flexibility index (Phi) is 4.88. The van der Waals surface area contributed by atoms with Crippen molar-refractivity contribution >= 4 is 34.9 Å². The smallest absolute Gasteiger partial charge is 0.314 e. The summed E-state index contributed by atoms with van der Waals surface area (Å²) in [5.41, 5.74) is 1.75. The van der Waals surface area contributed by atoms with E-state index in [1.165, 1.54) is 18.2 Å². The summed E-state index contributed by atoms with van der Waals surface area (Å²) in [6.45, 7) is 2.94. The zero-order chi connectivity index (χ0) is 20.7. The normalized spacial score (nSPS) is 21.1. The van der Waals surface area contributed by atoms with E-state index in [4.69, 9.17) is 16.9 Å². The molecule has 2 atom stereocenters. The van der Waals surface area contributed by atoms with Crippen molar-refractivity contribution in [3.63, 3.8) is 0 Å². The molecule has 0 aliphatic carbocycles. The predicted molar refractivity (Wildman–Crippen MR) is 104 cm³/mol. The molecular formula is C19H18ClFN6O2. The minimum Gasteiger partial charge on any atom is -0.314 e. The number of nitrogens with one attached hydrogen (secondary N) is 1. The Morgan fingerprint density at radius 1 is 1.41 bits per heavy atom. The molecule has 2 aromatic rings. The minimum atomic E-state index is -0.560. The lowest BCUT2D eigenvalue weighted by atomic mass is 10.1. The number of rotatable bonds is 2. The van der Waals surface area contributed by atoms with Gasteiger partial charge in [-0.1, -0.05) is 11.6 Å². The average Bonchev–Trinajstić information content (AvgIpc) is 3.26.